The van der Waals surface area contributed by atoms with Crippen LogP contribution in [0.5, 0.6) is 0 Å². The molecule has 2 heterocycles. The van der Waals surface area contributed by atoms with Crippen LogP contribution in [0.25, 0.3) is 5.65 Å². The average molecular weight is 508 g/mol. The molecule has 2 aromatic heterocycles. The van der Waals surface area contributed by atoms with E-state index in [2.05, 4.69) is 54.2 Å². The Morgan fingerprint density at radius 1 is 0.757 bits per heavy atom. The van der Waals surface area contributed by atoms with E-state index in [0.29, 0.717) is 11.5 Å². The third-order valence-electron chi connectivity index (χ3n) is 9.77. The molecule has 3 unspecified atom stereocenters. The second-order valence-corrected chi connectivity index (χ2v) is 13.4. The number of nitrogens with zero attached hydrogens (tertiary/aromatic N) is 2. The van der Waals surface area contributed by atoms with Crippen molar-refractivity contribution in [3.8, 4) is 0 Å². The quantitative estimate of drug-likeness (QED) is 0.436. The molecule has 2 aliphatic carbocycles. The molecule has 0 radical (unpaired) electrons. The monoisotopic (exact) mass is 507 g/mol. The van der Waals surface area contributed by atoms with Crippen LogP contribution in [0.15, 0.2) is 30.6 Å². The van der Waals surface area contributed by atoms with Gasteiger partial charge in [0, 0.05) is 31.4 Å². The summed E-state index contributed by atoms with van der Waals surface area (Å²) in [7, 11) is 0. The number of aromatic nitrogens is 2. The second-order valence-electron chi connectivity index (χ2n) is 13.4. The van der Waals surface area contributed by atoms with Crippen LogP contribution in [0.3, 0.4) is 0 Å². The topological polar surface area (TPSA) is 29.3 Å². The molecule has 37 heavy (non-hydrogen) atoms. The first-order chi connectivity index (χ1) is 18.1. The second kappa shape index (κ2) is 15.3. The van der Waals surface area contributed by atoms with E-state index in [9.17, 15) is 0 Å². The number of hydrogen-bond acceptors (Lipinski definition) is 2. The summed E-state index contributed by atoms with van der Waals surface area (Å²) in [4.78, 5) is 4.80. The van der Waals surface area contributed by atoms with E-state index < -0.39 is 0 Å². The SMILES string of the molecule is CC1(C)CCCCCCCCC(C2CCCCCCC(NCCc3cn4ccccc4n3)CCC2)CC1. The van der Waals surface area contributed by atoms with Gasteiger partial charge >= 0.3 is 0 Å². The highest BCUT2D eigenvalue weighted by molar-refractivity contribution is 5.39. The molecule has 208 valence electrons. The van der Waals surface area contributed by atoms with Crippen molar-refractivity contribution in [3.63, 3.8) is 0 Å². The summed E-state index contributed by atoms with van der Waals surface area (Å²) < 4.78 is 2.14. The van der Waals surface area contributed by atoms with Crippen molar-refractivity contribution in [2.24, 2.45) is 17.3 Å². The number of hydrogen-bond donors (Lipinski definition) is 1. The molecular weight excluding hydrogens is 450 g/mol. The van der Waals surface area contributed by atoms with Crippen LogP contribution in [0.1, 0.15) is 142 Å². The fourth-order valence-corrected chi connectivity index (χ4v) is 7.29. The third-order valence-corrected chi connectivity index (χ3v) is 9.77. The molecule has 0 spiro atoms. The van der Waals surface area contributed by atoms with Gasteiger partial charge in [0.15, 0.2) is 0 Å². The van der Waals surface area contributed by atoms with Crippen molar-refractivity contribution in [2.45, 2.75) is 148 Å². The van der Waals surface area contributed by atoms with Gasteiger partial charge in [-0.2, -0.15) is 0 Å². The summed E-state index contributed by atoms with van der Waals surface area (Å²) in [5.74, 6) is 1.94. The highest BCUT2D eigenvalue weighted by Gasteiger charge is 2.26. The molecule has 4 rings (SSSR count). The molecule has 0 bridgehead atoms. The number of rotatable bonds is 5. The molecule has 2 aromatic rings. The summed E-state index contributed by atoms with van der Waals surface area (Å²) in [5.41, 5.74) is 2.82. The number of fused-ring (bicyclic) bond motifs is 1. The number of imidazole rings is 1. The zero-order valence-corrected chi connectivity index (χ0v) is 24.4. The molecule has 0 amide bonds. The molecular formula is C34H57N3. The van der Waals surface area contributed by atoms with E-state index in [1.54, 1.807) is 0 Å². The Hall–Kier alpha value is -1.35. The lowest BCUT2D eigenvalue weighted by Crippen LogP contribution is -2.31. The van der Waals surface area contributed by atoms with Crippen LogP contribution in [0, 0.1) is 17.3 Å². The highest BCUT2D eigenvalue weighted by Crippen LogP contribution is 2.38. The molecule has 2 aliphatic rings. The molecule has 2 fully saturated rings. The van der Waals surface area contributed by atoms with E-state index in [1.165, 1.54) is 128 Å². The van der Waals surface area contributed by atoms with Crippen LogP contribution in [0.2, 0.25) is 0 Å². The first-order valence-corrected chi connectivity index (χ1v) is 16.3. The minimum absolute atomic E-state index is 0.543. The maximum atomic E-state index is 4.80. The minimum Gasteiger partial charge on any atom is -0.314 e. The Balaban J connectivity index is 1.28. The molecule has 0 saturated heterocycles. The Labute approximate surface area is 228 Å². The first kappa shape index (κ1) is 28.7. The lowest BCUT2D eigenvalue weighted by molar-refractivity contribution is 0.193. The van der Waals surface area contributed by atoms with Gasteiger partial charge in [-0.15, -0.1) is 0 Å². The zero-order chi connectivity index (χ0) is 25.8. The standard InChI is InChI=1S/C34H57N3/c1-34(2)24-13-8-4-3-5-9-17-30(22-25-34)29-16-10-6-7-11-19-31(20-15-18-29)35-26-23-32-28-37-27-14-12-21-33(37)36-32/h12,14,21,27-31,35H,3-11,13,15-20,22-26H2,1-2H3. The molecule has 3 nitrogen and oxygen atoms in total. The molecule has 0 aliphatic heterocycles. The van der Waals surface area contributed by atoms with Gasteiger partial charge in [-0.05, 0) is 61.5 Å². The molecule has 3 atom stereocenters. The number of nitrogens with one attached hydrogen (secondary N) is 1. The lowest BCUT2D eigenvalue weighted by atomic mass is 9.73. The summed E-state index contributed by atoms with van der Waals surface area (Å²) in [5, 5.41) is 3.95. The highest BCUT2D eigenvalue weighted by atomic mass is 15.0. The van der Waals surface area contributed by atoms with E-state index in [-0.39, 0.29) is 0 Å². The molecule has 0 aromatic carbocycles. The maximum absolute atomic E-state index is 4.80. The Bertz CT molecular complexity index is 851. The van der Waals surface area contributed by atoms with Crippen molar-refractivity contribution in [1.29, 1.82) is 0 Å². The van der Waals surface area contributed by atoms with Crippen molar-refractivity contribution >= 4 is 5.65 Å². The van der Waals surface area contributed by atoms with E-state index in [1.807, 2.05) is 0 Å². The average Bonchev–Trinajstić information content (AvgIpc) is 3.27. The van der Waals surface area contributed by atoms with E-state index in [0.717, 1.165) is 30.4 Å². The first-order valence-electron chi connectivity index (χ1n) is 16.3. The summed E-state index contributed by atoms with van der Waals surface area (Å²) >= 11 is 0. The van der Waals surface area contributed by atoms with Gasteiger partial charge in [0.1, 0.15) is 5.65 Å². The summed E-state index contributed by atoms with van der Waals surface area (Å²) in [6, 6.07) is 6.94. The van der Waals surface area contributed by atoms with Gasteiger partial charge in [0.2, 0.25) is 0 Å². The Morgan fingerprint density at radius 3 is 2.19 bits per heavy atom. The molecule has 3 heteroatoms. The van der Waals surface area contributed by atoms with Crippen molar-refractivity contribution in [2.75, 3.05) is 6.54 Å². The Morgan fingerprint density at radius 2 is 1.41 bits per heavy atom. The normalized spacial score (nSPS) is 27.6. The van der Waals surface area contributed by atoms with Gasteiger partial charge < -0.3 is 9.72 Å². The van der Waals surface area contributed by atoms with Crippen molar-refractivity contribution in [3.05, 3.63) is 36.3 Å². The van der Waals surface area contributed by atoms with Gasteiger partial charge in [-0.1, -0.05) is 110 Å². The molecule has 2 saturated carbocycles. The van der Waals surface area contributed by atoms with Crippen LogP contribution in [-0.2, 0) is 6.42 Å². The van der Waals surface area contributed by atoms with Crippen LogP contribution >= 0.6 is 0 Å². The van der Waals surface area contributed by atoms with Crippen molar-refractivity contribution < 1.29 is 0 Å². The fraction of sp³-hybridized carbons (Fsp3) is 0.794. The van der Waals surface area contributed by atoms with E-state index in [4.69, 9.17) is 4.98 Å². The predicted molar refractivity (Wildman–Crippen MR) is 159 cm³/mol. The smallest absolute Gasteiger partial charge is 0.136 e. The van der Waals surface area contributed by atoms with Crippen molar-refractivity contribution in [1.82, 2.24) is 14.7 Å². The third kappa shape index (κ3) is 10.0. The predicted octanol–water partition coefficient (Wildman–Crippen LogP) is 9.53. The van der Waals surface area contributed by atoms with Gasteiger partial charge in [0.25, 0.3) is 0 Å². The number of pyridine rings is 1. The maximum Gasteiger partial charge on any atom is 0.136 e. The molecule has 1 N–H and O–H groups in total. The van der Waals surface area contributed by atoms with Crippen LogP contribution in [0.4, 0.5) is 0 Å². The summed E-state index contributed by atoms with van der Waals surface area (Å²) in [6.07, 6.45) is 32.8. The summed E-state index contributed by atoms with van der Waals surface area (Å²) in [6.45, 7) is 6.15. The van der Waals surface area contributed by atoms with Crippen LogP contribution in [-0.4, -0.2) is 22.0 Å². The van der Waals surface area contributed by atoms with Gasteiger partial charge in [-0.25, -0.2) is 4.98 Å². The van der Waals surface area contributed by atoms with E-state index >= 15 is 0 Å². The van der Waals surface area contributed by atoms with Gasteiger partial charge in [-0.3, -0.25) is 0 Å². The minimum atomic E-state index is 0.543. The largest absolute Gasteiger partial charge is 0.314 e. The zero-order valence-electron chi connectivity index (χ0n) is 24.4. The van der Waals surface area contributed by atoms with Gasteiger partial charge in [0.05, 0.1) is 5.69 Å². The fourth-order valence-electron chi connectivity index (χ4n) is 7.29. The lowest BCUT2D eigenvalue weighted by Gasteiger charge is -2.32. The Kier molecular flexibility index (Phi) is 11.8. The van der Waals surface area contributed by atoms with Crippen LogP contribution < -0.4 is 5.32 Å².